The van der Waals surface area contributed by atoms with E-state index in [2.05, 4.69) is 11.9 Å². The normalized spacial score (nSPS) is 32.0. The Bertz CT molecular complexity index is 298. The SMILES string of the molecule is CC1CCC(O)(Cc2ccccn2)C1. The third-order valence-electron chi connectivity index (χ3n) is 3.07. The Morgan fingerprint density at radius 1 is 1.57 bits per heavy atom. The first-order valence-electron chi connectivity index (χ1n) is 5.30. The van der Waals surface area contributed by atoms with Gasteiger partial charge in [-0.05, 0) is 37.3 Å². The molecule has 1 saturated carbocycles. The number of pyridine rings is 1. The first-order valence-corrected chi connectivity index (χ1v) is 5.30. The van der Waals surface area contributed by atoms with Crippen molar-refractivity contribution >= 4 is 0 Å². The molecule has 1 aromatic heterocycles. The van der Waals surface area contributed by atoms with Gasteiger partial charge < -0.3 is 5.11 Å². The van der Waals surface area contributed by atoms with Crippen LogP contribution in [0, 0.1) is 5.92 Å². The molecule has 76 valence electrons. The Balaban J connectivity index is 2.04. The van der Waals surface area contributed by atoms with Gasteiger partial charge in [-0.15, -0.1) is 0 Å². The number of nitrogens with zero attached hydrogens (tertiary/aromatic N) is 1. The molecule has 2 heteroatoms. The zero-order valence-electron chi connectivity index (χ0n) is 8.61. The summed E-state index contributed by atoms with van der Waals surface area (Å²) in [5.41, 5.74) is 0.512. The molecule has 1 N–H and O–H groups in total. The summed E-state index contributed by atoms with van der Waals surface area (Å²) in [6.45, 7) is 2.20. The summed E-state index contributed by atoms with van der Waals surface area (Å²) in [5.74, 6) is 0.656. The monoisotopic (exact) mass is 191 g/mol. The largest absolute Gasteiger partial charge is 0.389 e. The second kappa shape index (κ2) is 3.70. The van der Waals surface area contributed by atoms with Crippen LogP contribution in [-0.4, -0.2) is 15.7 Å². The molecule has 0 spiro atoms. The molecule has 1 aliphatic rings. The molecule has 1 heterocycles. The maximum atomic E-state index is 10.3. The smallest absolute Gasteiger partial charge is 0.0705 e. The van der Waals surface area contributed by atoms with Crippen LogP contribution in [0.15, 0.2) is 24.4 Å². The molecule has 0 saturated heterocycles. The van der Waals surface area contributed by atoms with Crippen LogP contribution in [0.25, 0.3) is 0 Å². The van der Waals surface area contributed by atoms with Crippen molar-refractivity contribution in [1.82, 2.24) is 4.98 Å². The molecular weight excluding hydrogens is 174 g/mol. The molecule has 1 fully saturated rings. The molecular formula is C12H17NO. The zero-order chi connectivity index (χ0) is 10.0. The predicted molar refractivity (Wildman–Crippen MR) is 55.9 cm³/mol. The van der Waals surface area contributed by atoms with Crippen molar-refractivity contribution in [2.24, 2.45) is 5.92 Å². The molecule has 0 bridgehead atoms. The minimum atomic E-state index is -0.492. The Kier molecular flexibility index (Phi) is 2.55. The quantitative estimate of drug-likeness (QED) is 0.777. The van der Waals surface area contributed by atoms with Gasteiger partial charge in [0.2, 0.25) is 0 Å². The fourth-order valence-corrected chi connectivity index (χ4v) is 2.37. The van der Waals surface area contributed by atoms with Crippen molar-refractivity contribution in [1.29, 1.82) is 0 Å². The minimum absolute atomic E-state index is 0.492. The van der Waals surface area contributed by atoms with E-state index in [1.54, 1.807) is 6.20 Å². The highest BCUT2D eigenvalue weighted by molar-refractivity contribution is 5.08. The van der Waals surface area contributed by atoms with Crippen LogP contribution in [-0.2, 0) is 6.42 Å². The van der Waals surface area contributed by atoms with Gasteiger partial charge in [-0.2, -0.15) is 0 Å². The third kappa shape index (κ3) is 2.13. The maximum Gasteiger partial charge on any atom is 0.0705 e. The number of hydrogen-bond donors (Lipinski definition) is 1. The summed E-state index contributed by atoms with van der Waals surface area (Å²) < 4.78 is 0. The first-order chi connectivity index (χ1) is 6.68. The minimum Gasteiger partial charge on any atom is -0.389 e. The van der Waals surface area contributed by atoms with Gasteiger partial charge >= 0.3 is 0 Å². The molecule has 2 unspecified atom stereocenters. The van der Waals surface area contributed by atoms with Crippen LogP contribution in [0.4, 0.5) is 0 Å². The molecule has 2 nitrogen and oxygen atoms in total. The van der Waals surface area contributed by atoms with E-state index in [4.69, 9.17) is 0 Å². The lowest BCUT2D eigenvalue weighted by Crippen LogP contribution is -2.28. The summed E-state index contributed by atoms with van der Waals surface area (Å²) in [6, 6.07) is 5.87. The molecule has 0 aliphatic heterocycles. The van der Waals surface area contributed by atoms with E-state index < -0.39 is 5.60 Å². The van der Waals surface area contributed by atoms with Gasteiger partial charge in [0.15, 0.2) is 0 Å². The van der Waals surface area contributed by atoms with E-state index in [1.165, 1.54) is 0 Å². The number of rotatable bonds is 2. The average molecular weight is 191 g/mol. The van der Waals surface area contributed by atoms with Crippen molar-refractivity contribution in [3.63, 3.8) is 0 Å². The van der Waals surface area contributed by atoms with Crippen molar-refractivity contribution in [3.05, 3.63) is 30.1 Å². The summed E-state index contributed by atoms with van der Waals surface area (Å²) in [5, 5.41) is 10.3. The van der Waals surface area contributed by atoms with Crippen LogP contribution < -0.4 is 0 Å². The Morgan fingerprint density at radius 2 is 2.43 bits per heavy atom. The van der Waals surface area contributed by atoms with Gasteiger partial charge in [-0.25, -0.2) is 0 Å². The third-order valence-corrected chi connectivity index (χ3v) is 3.07. The standard InChI is InChI=1S/C12H17NO/c1-10-5-6-12(14,8-10)9-11-4-2-3-7-13-11/h2-4,7,10,14H,5-6,8-9H2,1H3. The summed E-state index contributed by atoms with van der Waals surface area (Å²) >= 11 is 0. The average Bonchev–Trinajstić information content (AvgIpc) is 2.47. The molecule has 2 atom stereocenters. The van der Waals surface area contributed by atoms with E-state index in [0.717, 1.165) is 25.0 Å². The van der Waals surface area contributed by atoms with Crippen LogP contribution in [0.1, 0.15) is 31.9 Å². The maximum absolute atomic E-state index is 10.3. The van der Waals surface area contributed by atoms with Crippen molar-refractivity contribution in [2.45, 2.75) is 38.2 Å². The van der Waals surface area contributed by atoms with Crippen molar-refractivity contribution in [2.75, 3.05) is 0 Å². The van der Waals surface area contributed by atoms with E-state index in [-0.39, 0.29) is 0 Å². The van der Waals surface area contributed by atoms with Crippen LogP contribution in [0.2, 0.25) is 0 Å². The summed E-state index contributed by atoms with van der Waals surface area (Å²) in [4.78, 5) is 4.25. The highest BCUT2D eigenvalue weighted by Gasteiger charge is 2.35. The summed E-state index contributed by atoms with van der Waals surface area (Å²) in [7, 11) is 0. The van der Waals surface area contributed by atoms with Crippen LogP contribution in [0.3, 0.4) is 0 Å². The Hall–Kier alpha value is -0.890. The molecule has 0 aromatic carbocycles. The fraction of sp³-hybridized carbons (Fsp3) is 0.583. The molecule has 2 rings (SSSR count). The second-order valence-electron chi connectivity index (χ2n) is 4.57. The highest BCUT2D eigenvalue weighted by atomic mass is 16.3. The lowest BCUT2D eigenvalue weighted by Gasteiger charge is -2.21. The van der Waals surface area contributed by atoms with Crippen molar-refractivity contribution < 1.29 is 5.11 Å². The van der Waals surface area contributed by atoms with E-state index in [0.29, 0.717) is 12.3 Å². The Morgan fingerprint density at radius 3 is 3.00 bits per heavy atom. The molecule has 0 amide bonds. The Labute approximate surface area is 85.0 Å². The predicted octanol–water partition coefficient (Wildman–Crippen LogP) is 2.18. The van der Waals surface area contributed by atoms with Gasteiger partial charge in [0, 0.05) is 18.3 Å². The first kappa shape index (κ1) is 9.66. The van der Waals surface area contributed by atoms with Crippen LogP contribution in [0.5, 0.6) is 0 Å². The second-order valence-corrected chi connectivity index (χ2v) is 4.57. The van der Waals surface area contributed by atoms with Gasteiger partial charge in [-0.1, -0.05) is 13.0 Å². The van der Waals surface area contributed by atoms with Gasteiger partial charge in [0.25, 0.3) is 0 Å². The van der Waals surface area contributed by atoms with Gasteiger partial charge in [-0.3, -0.25) is 4.98 Å². The highest BCUT2D eigenvalue weighted by Crippen LogP contribution is 2.36. The molecule has 14 heavy (non-hydrogen) atoms. The fourth-order valence-electron chi connectivity index (χ4n) is 2.37. The van der Waals surface area contributed by atoms with E-state index in [1.807, 2.05) is 18.2 Å². The van der Waals surface area contributed by atoms with Crippen molar-refractivity contribution in [3.8, 4) is 0 Å². The summed E-state index contributed by atoms with van der Waals surface area (Å²) in [6.07, 6.45) is 5.48. The lowest BCUT2D eigenvalue weighted by atomic mass is 9.94. The number of hydrogen-bond acceptors (Lipinski definition) is 2. The van der Waals surface area contributed by atoms with Gasteiger partial charge in [0.05, 0.1) is 5.60 Å². The van der Waals surface area contributed by atoms with E-state index >= 15 is 0 Å². The molecule has 1 aromatic rings. The van der Waals surface area contributed by atoms with Crippen LogP contribution >= 0.6 is 0 Å². The van der Waals surface area contributed by atoms with E-state index in [9.17, 15) is 5.11 Å². The number of aliphatic hydroxyl groups is 1. The van der Waals surface area contributed by atoms with Gasteiger partial charge in [0.1, 0.15) is 0 Å². The number of aromatic nitrogens is 1. The molecule has 0 radical (unpaired) electrons. The lowest BCUT2D eigenvalue weighted by molar-refractivity contribution is 0.0437. The topological polar surface area (TPSA) is 33.1 Å². The zero-order valence-corrected chi connectivity index (χ0v) is 8.61. The molecule has 1 aliphatic carbocycles.